The number of rotatable bonds is 6. The van der Waals surface area contributed by atoms with Gasteiger partial charge in [-0.3, -0.25) is 24.5 Å². The van der Waals surface area contributed by atoms with Crippen molar-refractivity contribution in [2.45, 2.75) is 12.8 Å². The van der Waals surface area contributed by atoms with E-state index in [1.54, 1.807) is 42.5 Å². The Hall–Kier alpha value is -4.17. The highest BCUT2D eigenvalue weighted by atomic mass is 32.2. The predicted octanol–water partition coefficient (Wildman–Crippen LogP) is 4.47. The van der Waals surface area contributed by atoms with E-state index in [-0.39, 0.29) is 24.1 Å². The summed E-state index contributed by atoms with van der Waals surface area (Å²) in [4.78, 5) is 45.0. The highest BCUT2D eigenvalue weighted by Crippen LogP contribution is 2.26. The number of ether oxygens (including phenoxy) is 1. The summed E-state index contributed by atoms with van der Waals surface area (Å²) in [5, 5.41) is 10.2. The minimum absolute atomic E-state index is 0.112. The second kappa shape index (κ2) is 12.2. The average molecular weight is 476 g/mol. The summed E-state index contributed by atoms with van der Waals surface area (Å²) in [6, 6.07) is 25.2. The van der Waals surface area contributed by atoms with Gasteiger partial charge >= 0.3 is 11.9 Å². The van der Waals surface area contributed by atoms with Crippen LogP contribution in [0.25, 0.3) is 6.08 Å². The van der Waals surface area contributed by atoms with E-state index in [2.05, 4.69) is 5.32 Å². The quantitative estimate of drug-likeness (QED) is 0.307. The first-order valence-corrected chi connectivity index (χ1v) is 11.1. The minimum atomic E-state index is -0.786. The first-order chi connectivity index (χ1) is 16.4. The number of benzene rings is 3. The Kier molecular flexibility index (Phi) is 8.76. The highest BCUT2D eigenvalue weighted by Gasteiger charge is 2.24. The number of imide groups is 1. The zero-order valence-corrected chi connectivity index (χ0v) is 18.8. The van der Waals surface area contributed by atoms with Gasteiger partial charge in [-0.2, -0.15) is 0 Å². The molecule has 0 atom stereocenters. The summed E-state index contributed by atoms with van der Waals surface area (Å²) < 4.78 is 5.28. The van der Waals surface area contributed by atoms with Crippen molar-refractivity contribution in [1.82, 2.24) is 5.32 Å². The number of carbonyl (C=O) groups excluding carboxylic acids is 3. The summed E-state index contributed by atoms with van der Waals surface area (Å²) in [5.74, 6) is -1.10. The van der Waals surface area contributed by atoms with Gasteiger partial charge in [-0.05, 0) is 46.7 Å². The standard InChI is InChI=1S/C18H13NO4S.C8H8O2/c20-16(11-12-4-2-1-3-5-12)23-14-8-6-13(7-9-14)10-15-17(21)19-18(22)24-15;9-8(10)6-7-4-2-1-3-5-7/h1-10H,11H2,(H,19,21,22);1-5H,6H2,(H,9,10)/b15-10-;. The molecule has 1 aliphatic heterocycles. The molecule has 0 spiro atoms. The monoisotopic (exact) mass is 475 g/mol. The molecule has 0 aliphatic carbocycles. The summed E-state index contributed by atoms with van der Waals surface area (Å²) >= 11 is 0.861. The van der Waals surface area contributed by atoms with Crippen LogP contribution in [0, 0.1) is 0 Å². The first kappa shape index (κ1) is 24.5. The molecular formula is C26H21NO6S. The molecule has 0 aromatic heterocycles. The molecule has 1 aliphatic rings. The van der Waals surface area contributed by atoms with E-state index in [0.29, 0.717) is 10.7 Å². The second-order valence-electron chi connectivity index (χ2n) is 7.11. The fraction of sp³-hybridized carbons (Fsp3) is 0.0769. The Balaban J connectivity index is 0.000000271. The van der Waals surface area contributed by atoms with Crippen LogP contribution in [0.4, 0.5) is 4.79 Å². The van der Waals surface area contributed by atoms with E-state index in [9.17, 15) is 19.2 Å². The van der Waals surface area contributed by atoms with Crippen LogP contribution >= 0.6 is 11.8 Å². The number of thioether (sulfide) groups is 1. The van der Waals surface area contributed by atoms with Gasteiger partial charge in [-0.15, -0.1) is 0 Å². The van der Waals surface area contributed by atoms with Crippen LogP contribution in [0.1, 0.15) is 16.7 Å². The molecule has 1 fully saturated rings. The largest absolute Gasteiger partial charge is 0.481 e. The van der Waals surface area contributed by atoms with Crippen LogP contribution in [0.3, 0.4) is 0 Å². The fourth-order valence-corrected chi connectivity index (χ4v) is 3.59. The maximum atomic E-state index is 11.9. The first-order valence-electron chi connectivity index (χ1n) is 10.2. The third kappa shape index (κ3) is 8.07. The lowest BCUT2D eigenvalue weighted by Crippen LogP contribution is -2.17. The van der Waals surface area contributed by atoms with Gasteiger partial charge < -0.3 is 9.84 Å². The lowest BCUT2D eigenvalue weighted by Gasteiger charge is -2.05. The molecule has 8 heteroatoms. The van der Waals surface area contributed by atoms with Crippen molar-refractivity contribution in [2.24, 2.45) is 0 Å². The molecule has 2 amide bonds. The van der Waals surface area contributed by atoms with Crippen LogP contribution in [-0.4, -0.2) is 28.2 Å². The average Bonchev–Trinajstić information content (AvgIpc) is 3.13. The predicted molar refractivity (Wildman–Crippen MR) is 129 cm³/mol. The molecule has 1 saturated heterocycles. The van der Waals surface area contributed by atoms with Gasteiger partial charge in [0, 0.05) is 0 Å². The fourth-order valence-electron chi connectivity index (χ4n) is 2.91. The van der Waals surface area contributed by atoms with E-state index in [1.165, 1.54) is 0 Å². The zero-order chi connectivity index (χ0) is 24.3. The molecule has 0 radical (unpaired) electrons. The number of carbonyl (C=O) groups is 4. The Morgan fingerprint density at radius 1 is 0.824 bits per heavy atom. The second-order valence-corrected chi connectivity index (χ2v) is 8.13. The van der Waals surface area contributed by atoms with Gasteiger partial charge in [0.25, 0.3) is 11.1 Å². The topological polar surface area (TPSA) is 110 Å². The number of amides is 2. The van der Waals surface area contributed by atoms with E-state index in [4.69, 9.17) is 9.84 Å². The SMILES string of the molecule is O=C(Cc1ccccc1)Oc1ccc(/C=C2\SC(=O)NC2=O)cc1.O=C(O)Cc1ccccc1. The van der Waals surface area contributed by atoms with Crippen molar-refractivity contribution in [3.8, 4) is 5.75 Å². The molecule has 34 heavy (non-hydrogen) atoms. The number of nitrogens with one attached hydrogen (secondary N) is 1. The third-order valence-corrected chi connectivity index (χ3v) is 5.25. The summed E-state index contributed by atoms with van der Waals surface area (Å²) in [5.41, 5.74) is 2.47. The Bertz CT molecular complexity index is 1190. The number of hydrogen-bond acceptors (Lipinski definition) is 6. The normalized spacial score (nSPS) is 13.6. The van der Waals surface area contributed by atoms with E-state index in [0.717, 1.165) is 28.5 Å². The van der Waals surface area contributed by atoms with Crippen molar-refractivity contribution in [1.29, 1.82) is 0 Å². The third-order valence-electron chi connectivity index (χ3n) is 4.44. The van der Waals surface area contributed by atoms with Crippen LogP contribution in [0.2, 0.25) is 0 Å². The molecule has 2 N–H and O–H groups in total. The van der Waals surface area contributed by atoms with Gasteiger partial charge in [0.2, 0.25) is 0 Å². The van der Waals surface area contributed by atoms with Crippen LogP contribution in [0.5, 0.6) is 5.75 Å². The number of carboxylic acids is 1. The molecule has 7 nitrogen and oxygen atoms in total. The van der Waals surface area contributed by atoms with Crippen molar-refractivity contribution in [2.75, 3.05) is 0 Å². The molecule has 1 heterocycles. The summed E-state index contributed by atoms with van der Waals surface area (Å²) in [6.07, 6.45) is 1.92. The number of aliphatic carboxylic acids is 1. The summed E-state index contributed by atoms with van der Waals surface area (Å²) in [7, 11) is 0. The van der Waals surface area contributed by atoms with Gasteiger partial charge in [-0.25, -0.2) is 0 Å². The Morgan fingerprint density at radius 3 is 1.88 bits per heavy atom. The molecule has 3 aromatic carbocycles. The van der Waals surface area contributed by atoms with Crippen LogP contribution in [0.15, 0.2) is 89.8 Å². The smallest absolute Gasteiger partial charge is 0.315 e. The molecule has 0 unspecified atom stereocenters. The molecule has 0 bridgehead atoms. The van der Waals surface area contributed by atoms with E-state index >= 15 is 0 Å². The number of carboxylic acid groups (broad SMARTS) is 1. The van der Waals surface area contributed by atoms with Crippen molar-refractivity contribution in [3.05, 3.63) is 107 Å². The van der Waals surface area contributed by atoms with E-state index < -0.39 is 11.9 Å². The van der Waals surface area contributed by atoms with Crippen molar-refractivity contribution in [3.63, 3.8) is 0 Å². The molecular weight excluding hydrogens is 454 g/mol. The molecule has 0 saturated carbocycles. The maximum Gasteiger partial charge on any atom is 0.315 e. The minimum Gasteiger partial charge on any atom is -0.481 e. The molecule has 172 valence electrons. The Labute approximate surface area is 200 Å². The molecule has 4 rings (SSSR count). The van der Waals surface area contributed by atoms with Gasteiger partial charge in [0.15, 0.2) is 0 Å². The zero-order valence-electron chi connectivity index (χ0n) is 18.0. The van der Waals surface area contributed by atoms with Crippen molar-refractivity contribution < 1.29 is 29.0 Å². The van der Waals surface area contributed by atoms with Gasteiger partial charge in [-0.1, -0.05) is 72.8 Å². The van der Waals surface area contributed by atoms with Gasteiger partial charge in [0.1, 0.15) is 5.75 Å². The number of hydrogen-bond donors (Lipinski definition) is 2. The van der Waals surface area contributed by atoms with Crippen molar-refractivity contribution >= 4 is 40.9 Å². The molecule has 3 aromatic rings. The van der Waals surface area contributed by atoms with E-state index in [1.807, 2.05) is 48.5 Å². The van der Waals surface area contributed by atoms with Gasteiger partial charge in [0.05, 0.1) is 17.7 Å². The van der Waals surface area contributed by atoms with Crippen LogP contribution in [-0.2, 0) is 27.2 Å². The maximum absolute atomic E-state index is 11.9. The summed E-state index contributed by atoms with van der Waals surface area (Å²) in [6.45, 7) is 0. The Morgan fingerprint density at radius 2 is 1.38 bits per heavy atom. The highest BCUT2D eigenvalue weighted by molar-refractivity contribution is 8.18. The number of esters is 1. The lowest BCUT2D eigenvalue weighted by molar-refractivity contribution is -0.136. The lowest BCUT2D eigenvalue weighted by atomic mass is 10.1. The van der Waals surface area contributed by atoms with Crippen LogP contribution < -0.4 is 10.1 Å².